The molecule has 1 aromatic carbocycles. The van der Waals surface area contributed by atoms with Crippen LogP contribution in [0.15, 0.2) is 40.3 Å². The van der Waals surface area contributed by atoms with Gasteiger partial charge < -0.3 is 15.5 Å². The van der Waals surface area contributed by atoms with E-state index in [0.29, 0.717) is 22.9 Å². The number of amides is 1. The van der Waals surface area contributed by atoms with E-state index < -0.39 is 11.7 Å². The third-order valence-corrected chi connectivity index (χ3v) is 4.20. The van der Waals surface area contributed by atoms with Gasteiger partial charge in [0, 0.05) is 5.69 Å². The number of nitrogens with one attached hydrogen (secondary N) is 1. The molecule has 3 aromatic rings. The Balaban J connectivity index is 1.78. The minimum Gasteiger partial charge on any atom is -0.438 e. The van der Waals surface area contributed by atoms with E-state index in [4.69, 9.17) is 10.2 Å². The average Bonchev–Trinajstić information content (AvgIpc) is 3.18. The molecule has 0 saturated carbocycles. The highest BCUT2D eigenvalue weighted by Gasteiger charge is 2.13. The summed E-state index contributed by atoms with van der Waals surface area (Å²) in [4.78, 5) is 16.6. The molecular formula is C16H14FN3O2S. The molecule has 118 valence electrons. The molecule has 0 atom stereocenters. The summed E-state index contributed by atoms with van der Waals surface area (Å²) < 4.78 is 19.2. The molecule has 0 unspecified atom stereocenters. The molecule has 2 heterocycles. The van der Waals surface area contributed by atoms with Crippen molar-refractivity contribution < 1.29 is 13.6 Å². The monoisotopic (exact) mass is 331 g/mol. The zero-order valence-corrected chi connectivity index (χ0v) is 13.1. The lowest BCUT2D eigenvalue weighted by Gasteiger charge is -2.10. The summed E-state index contributed by atoms with van der Waals surface area (Å²) in [6.07, 6.45) is 1.65. The number of benzene rings is 1. The number of anilines is 1. The van der Waals surface area contributed by atoms with Crippen LogP contribution in [-0.2, 0) is 6.54 Å². The molecule has 0 fully saturated rings. The number of carbonyl (C=O) groups excluding carboxylic acids is 1. The summed E-state index contributed by atoms with van der Waals surface area (Å²) in [5, 5.41) is 4.97. The normalized spacial score (nSPS) is 10.7. The second kappa shape index (κ2) is 6.21. The fraction of sp³-hybridized carbons (Fsp3) is 0.125. The first kappa shape index (κ1) is 15.2. The quantitative estimate of drug-likeness (QED) is 0.749. The van der Waals surface area contributed by atoms with Gasteiger partial charge in [0.2, 0.25) is 5.89 Å². The summed E-state index contributed by atoms with van der Waals surface area (Å²) in [5.74, 6) is -0.0217. The maximum Gasteiger partial charge on any atom is 0.250 e. The van der Waals surface area contributed by atoms with Crippen molar-refractivity contribution in [2.45, 2.75) is 13.5 Å². The summed E-state index contributed by atoms with van der Waals surface area (Å²) in [5.41, 5.74) is 6.25. The van der Waals surface area contributed by atoms with Crippen molar-refractivity contribution in [3.05, 3.63) is 58.7 Å². The van der Waals surface area contributed by atoms with Gasteiger partial charge in [0.05, 0.1) is 23.2 Å². The van der Waals surface area contributed by atoms with E-state index in [1.54, 1.807) is 30.5 Å². The number of thiophene rings is 1. The van der Waals surface area contributed by atoms with Gasteiger partial charge in [0.15, 0.2) is 5.76 Å². The van der Waals surface area contributed by atoms with Crippen LogP contribution in [0.2, 0.25) is 0 Å². The van der Waals surface area contributed by atoms with E-state index in [2.05, 4.69) is 10.3 Å². The van der Waals surface area contributed by atoms with E-state index in [1.807, 2.05) is 17.5 Å². The van der Waals surface area contributed by atoms with Gasteiger partial charge in [-0.3, -0.25) is 4.79 Å². The second-order valence-electron chi connectivity index (χ2n) is 4.96. The first-order valence-electron chi connectivity index (χ1n) is 6.87. The second-order valence-corrected chi connectivity index (χ2v) is 5.91. The van der Waals surface area contributed by atoms with Gasteiger partial charge in [-0.2, -0.15) is 0 Å². The number of nitrogens with two attached hydrogens (primary N) is 1. The van der Waals surface area contributed by atoms with E-state index in [0.717, 1.165) is 10.9 Å². The predicted molar refractivity (Wildman–Crippen MR) is 86.8 cm³/mol. The van der Waals surface area contributed by atoms with Gasteiger partial charge in [0.25, 0.3) is 5.91 Å². The van der Waals surface area contributed by atoms with Gasteiger partial charge in [-0.05, 0) is 36.1 Å². The molecule has 0 spiro atoms. The molecule has 0 aliphatic carbocycles. The highest BCUT2D eigenvalue weighted by molar-refractivity contribution is 7.13. The third kappa shape index (κ3) is 3.24. The van der Waals surface area contributed by atoms with Gasteiger partial charge in [-0.25, -0.2) is 9.37 Å². The molecular weight excluding hydrogens is 317 g/mol. The molecule has 3 rings (SSSR count). The van der Waals surface area contributed by atoms with Crippen LogP contribution < -0.4 is 11.1 Å². The van der Waals surface area contributed by atoms with Gasteiger partial charge >= 0.3 is 0 Å². The summed E-state index contributed by atoms with van der Waals surface area (Å²) in [6, 6.07) is 6.54. The molecule has 1 amide bonds. The minimum atomic E-state index is -0.696. The third-order valence-electron chi connectivity index (χ3n) is 3.31. The molecule has 2 aromatic heterocycles. The van der Waals surface area contributed by atoms with Gasteiger partial charge in [-0.15, -0.1) is 11.3 Å². The first-order valence-corrected chi connectivity index (χ1v) is 7.75. The number of halogens is 1. The lowest BCUT2D eigenvalue weighted by molar-refractivity contribution is 0.100. The van der Waals surface area contributed by atoms with Crippen molar-refractivity contribution in [1.29, 1.82) is 0 Å². The van der Waals surface area contributed by atoms with Crippen LogP contribution in [0.4, 0.5) is 10.1 Å². The molecule has 3 N–H and O–H groups in total. The average molecular weight is 331 g/mol. The number of aryl methyl sites for hydroxylation is 1. The Morgan fingerprint density at radius 3 is 3.00 bits per heavy atom. The summed E-state index contributed by atoms with van der Waals surface area (Å²) in [7, 11) is 0. The smallest absolute Gasteiger partial charge is 0.250 e. The van der Waals surface area contributed by atoms with Gasteiger partial charge in [-0.1, -0.05) is 6.07 Å². The van der Waals surface area contributed by atoms with Crippen molar-refractivity contribution in [3.8, 4) is 10.6 Å². The first-order chi connectivity index (χ1) is 11.0. The van der Waals surface area contributed by atoms with Crippen LogP contribution in [-0.4, -0.2) is 10.9 Å². The summed E-state index contributed by atoms with van der Waals surface area (Å²) in [6.45, 7) is 1.88. The highest BCUT2D eigenvalue weighted by Crippen LogP contribution is 2.26. The summed E-state index contributed by atoms with van der Waals surface area (Å²) >= 11 is 1.56. The topological polar surface area (TPSA) is 81.2 Å². The number of carbonyl (C=O) groups is 1. The number of primary amides is 1. The molecule has 0 bridgehead atoms. The Labute approximate surface area is 136 Å². The largest absolute Gasteiger partial charge is 0.438 e. The zero-order valence-electron chi connectivity index (χ0n) is 12.3. The Bertz CT molecular complexity index is 843. The molecule has 0 aliphatic rings. The minimum absolute atomic E-state index is 0.0955. The molecule has 7 heteroatoms. The fourth-order valence-electron chi connectivity index (χ4n) is 2.13. The van der Waals surface area contributed by atoms with Crippen LogP contribution in [0.1, 0.15) is 21.8 Å². The van der Waals surface area contributed by atoms with E-state index >= 15 is 0 Å². The number of nitrogens with zero attached hydrogens (tertiary/aromatic N) is 1. The number of oxazole rings is 1. The van der Waals surface area contributed by atoms with Crippen molar-refractivity contribution in [3.63, 3.8) is 0 Å². The predicted octanol–water partition coefficient (Wildman–Crippen LogP) is 3.56. The zero-order chi connectivity index (χ0) is 16.4. The van der Waals surface area contributed by atoms with Gasteiger partial charge in [0.1, 0.15) is 5.82 Å². The maximum atomic E-state index is 13.6. The van der Waals surface area contributed by atoms with Crippen LogP contribution >= 0.6 is 11.3 Å². The molecule has 0 radical (unpaired) electrons. The SMILES string of the molecule is Cc1cc(NCc2ncc(-c3cccs3)o2)c(C(N)=O)cc1F. The molecule has 23 heavy (non-hydrogen) atoms. The van der Waals surface area contributed by atoms with Crippen molar-refractivity contribution in [2.75, 3.05) is 5.32 Å². The number of rotatable bonds is 5. The number of hydrogen-bond acceptors (Lipinski definition) is 5. The lowest BCUT2D eigenvalue weighted by Crippen LogP contribution is -2.15. The van der Waals surface area contributed by atoms with Crippen LogP contribution in [0.5, 0.6) is 0 Å². The van der Waals surface area contributed by atoms with E-state index in [-0.39, 0.29) is 12.1 Å². The molecule has 0 aliphatic heterocycles. The lowest BCUT2D eigenvalue weighted by atomic mass is 10.1. The van der Waals surface area contributed by atoms with Crippen LogP contribution in [0.25, 0.3) is 10.6 Å². The fourth-order valence-corrected chi connectivity index (χ4v) is 2.80. The van der Waals surface area contributed by atoms with Crippen molar-refractivity contribution in [2.24, 2.45) is 5.73 Å². The Kier molecular flexibility index (Phi) is 4.12. The molecule has 0 saturated heterocycles. The van der Waals surface area contributed by atoms with Crippen molar-refractivity contribution >= 4 is 22.9 Å². The Morgan fingerprint density at radius 1 is 1.48 bits per heavy atom. The Hall–Kier alpha value is -2.67. The number of hydrogen-bond donors (Lipinski definition) is 2. The standard InChI is InChI=1S/C16H14FN3O2S/c1-9-5-12(10(16(18)21)6-11(9)17)19-8-15-20-7-13(22-15)14-3-2-4-23-14/h2-7,19H,8H2,1H3,(H2,18,21). The highest BCUT2D eigenvalue weighted by atomic mass is 32.1. The maximum absolute atomic E-state index is 13.6. The Morgan fingerprint density at radius 2 is 2.30 bits per heavy atom. The van der Waals surface area contributed by atoms with Crippen LogP contribution in [0.3, 0.4) is 0 Å². The van der Waals surface area contributed by atoms with E-state index in [1.165, 1.54) is 0 Å². The van der Waals surface area contributed by atoms with E-state index in [9.17, 15) is 9.18 Å². The van der Waals surface area contributed by atoms with Crippen LogP contribution in [0, 0.1) is 12.7 Å². The molecule has 5 nitrogen and oxygen atoms in total. The number of aromatic nitrogens is 1. The van der Waals surface area contributed by atoms with Crippen molar-refractivity contribution in [1.82, 2.24) is 4.98 Å².